The van der Waals surface area contributed by atoms with Crippen molar-refractivity contribution in [2.45, 2.75) is 0 Å². The van der Waals surface area contributed by atoms with E-state index in [0.717, 1.165) is 4.90 Å². The number of carbonyl (C=O) groups excluding carboxylic acids is 2. The van der Waals surface area contributed by atoms with Crippen molar-refractivity contribution in [3.8, 4) is 5.75 Å². The Morgan fingerprint density at radius 3 is 2.75 bits per heavy atom. The molecule has 1 aliphatic rings. The lowest BCUT2D eigenvalue weighted by Crippen LogP contribution is -2.30. The Balaban J connectivity index is 2.46. The first kappa shape index (κ1) is 10.9. The first-order valence-corrected chi connectivity index (χ1v) is 5.37. The first-order chi connectivity index (χ1) is 7.63. The number of methoxy groups -OCH3 is 1. The second-order valence-electron chi connectivity index (χ2n) is 3.21. The van der Waals surface area contributed by atoms with E-state index in [1.807, 2.05) is 0 Å². The number of hydrogen-bond acceptors (Lipinski definition) is 3. The van der Waals surface area contributed by atoms with Crippen molar-refractivity contribution in [2.75, 3.05) is 18.6 Å². The SMILES string of the molecule is COc1ccc(Br)c(N2C(=O)CNC2=O)c1. The summed E-state index contributed by atoms with van der Waals surface area (Å²) in [5.74, 6) is 0.310. The van der Waals surface area contributed by atoms with E-state index in [-0.39, 0.29) is 12.5 Å². The van der Waals surface area contributed by atoms with Crippen molar-refractivity contribution in [2.24, 2.45) is 0 Å². The zero-order valence-corrected chi connectivity index (χ0v) is 10.1. The molecule has 3 amide bonds. The van der Waals surface area contributed by atoms with Gasteiger partial charge in [-0.2, -0.15) is 0 Å². The highest BCUT2D eigenvalue weighted by atomic mass is 79.9. The molecule has 1 aromatic carbocycles. The minimum atomic E-state index is -0.418. The van der Waals surface area contributed by atoms with Crippen LogP contribution >= 0.6 is 15.9 Å². The third-order valence-corrected chi connectivity index (χ3v) is 2.91. The Morgan fingerprint density at radius 2 is 2.19 bits per heavy atom. The largest absolute Gasteiger partial charge is 0.497 e. The maximum absolute atomic E-state index is 11.5. The number of urea groups is 1. The van der Waals surface area contributed by atoms with Crippen LogP contribution in [0.25, 0.3) is 0 Å². The van der Waals surface area contributed by atoms with Gasteiger partial charge >= 0.3 is 6.03 Å². The van der Waals surface area contributed by atoms with Crippen LogP contribution in [0.2, 0.25) is 0 Å². The van der Waals surface area contributed by atoms with E-state index >= 15 is 0 Å². The molecule has 0 radical (unpaired) electrons. The number of benzene rings is 1. The molecule has 1 fully saturated rings. The van der Waals surface area contributed by atoms with E-state index in [1.165, 1.54) is 7.11 Å². The van der Waals surface area contributed by atoms with Crippen LogP contribution in [-0.2, 0) is 4.79 Å². The Morgan fingerprint density at radius 1 is 1.44 bits per heavy atom. The predicted octanol–water partition coefficient (Wildman–Crippen LogP) is 1.51. The first-order valence-electron chi connectivity index (χ1n) is 4.58. The average Bonchev–Trinajstić information content (AvgIpc) is 2.60. The molecule has 0 saturated carbocycles. The third-order valence-electron chi connectivity index (χ3n) is 2.24. The number of ether oxygens (including phenoxy) is 1. The van der Waals surface area contributed by atoms with Crippen LogP contribution < -0.4 is 15.0 Å². The third kappa shape index (κ3) is 1.76. The van der Waals surface area contributed by atoms with E-state index in [4.69, 9.17) is 4.74 Å². The van der Waals surface area contributed by atoms with Crippen LogP contribution in [-0.4, -0.2) is 25.6 Å². The van der Waals surface area contributed by atoms with Gasteiger partial charge < -0.3 is 10.1 Å². The molecule has 16 heavy (non-hydrogen) atoms. The molecule has 0 atom stereocenters. The zero-order chi connectivity index (χ0) is 11.7. The minimum Gasteiger partial charge on any atom is -0.497 e. The van der Waals surface area contributed by atoms with Crippen LogP contribution in [0.3, 0.4) is 0 Å². The van der Waals surface area contributed by atoms with Crippen molar-refractivity contribution in [3.63, 3.8) is 0 Å². The summed E-state index contributed by atoms with van der Waals surface area (Å²) in [6.07, 6.45) is 0. The van der Waals surface area contributed by atoms with Gasteiger partial charge in [0.1, 0.15) is 5.75 Å². The molecule has 0 aromatic heterocycles. The van der Waals surface area contributed by atoms with Crippen molar-refractivity contribution in [1.82, 2.24) is 5.32 Å². The second-order valence-corrected chi connectivity index (χ2v) is 4.06. The van der Waals surface area contributed by atoms with Crippen molar-refractivity contribution in [3.05, 3.63) is 22.7 Å². The molecule has 0 unspecified atom stereocenters. The quantitative estimate of drug-likeness (QED) is 0.838. The molecule has 0 aliphatic carbocycles. The molecular formula is C10H9BrN2O3. The van der Waals surface area contributed by atoms with Crippen LogP contribution in [0.5, 0.6) is 5.75 Å². The van der Waals surface area contributed by atoms with Crippen molar-refractivity contribution in [1.29, 1.82) is 0 Å². The van der Waals surface area contributed by atoms with Crippen LogP contribution in [0.4, 0.5) is 10.5 Å². The normalized spacial score (nSPS) is 15.2. The van der Waals surface area contributed by atoms with Gasteiger partial charge in [0, 0.05) is 10.5 Å². The summed E-state index contributed by atoms with van der Waals surface area (Å²) in [5, 5.41) is 2.46. The number of nitrogens with zero attached hydrogens (tertiary/aromatic N) is 1. The van der Waals surface area contributed by atoms with Crippen LogP contribution in [0.15, 0.2) is 22.7 Å². The van der Waals surface area contributed by atoms with E-state index in [1.54, 1.807) is 18.2 Å². The maximum Gasteiger partial charge on any atom is 0.329 e. The van der Waals surface area contributed by atoms with Gasteiger partial charge in [-0.3, -0.25) is 4.79 Å². The minimum absolute atomic E-state index is 0.0302. The molecular weight excluding hydrogens is 276 g/mol. The van der Waals surface area contributed by atoms with Gasteiger partial charge in [-0.15, -0.1) is 0 Å². The Kier molecular flexibility index (Phi) is 2.82. The molecule has 1 aliphatic heterocycles. The number of anilines is 1. The van der Waals surface area contributed by atoms with E-state index in [0.29, 0.717) is 15.9 Å². The fourth-order valence-corrected chi connectivity index (χ4v) is 1.88. The van der Waals surface area contributed by atoms with Crippen molar-refractivity contribution < 1.29 is 14.3 Å². The van der Waals surface area contributed by atoms with Gasteiger partial charge in [0.05, 0.1) is 19.3 Å². The lowest BCUT2D eigenvalue weighted by molar-refractivity contribution is -0.115. The zero-order valence-electron chi connectivity index (χ0n) is 8.49. The highest BCUT2D eigenvalue weighted by molar-refractivity contribution is 9.10. The summed E-state index contributed by atoms with van der Waals surface area (Å²) in [7, 11) is 1.53. The molecule has 1 N–H and O–H groups in total. The lowest BCUT2D eigenvalue weighted by atomic mass is 10.3. The summed E-state index contributed by atoms with van der Waals surface area (Å²) < 4.78 is 5.71. The van der Waals surface area contributed by atoms with E-state index < -0.39 is 6.03 Å². The molecule has 1 aromatic rings. The van der Waals surface area contributed by atoms with Gasteiger partial charge in [0.2, 0.25) is 0 Å². The number of hydrogen-bond donors (Lipinski definition) is 1. The molecule has 1 saturated heterocycles. The summed E-state index contributed by atoms with van der Waals surface area (Å²) in [6, 6.07) is 4.69. The van der Waals surface area contributed by atoms with Crippen molar-refractivity contribution >= 4 is 33.6 Å². The molecule has 0 bridgehead atoms. The summed E-state index contributed by atoms with van der Waals surface area (Å²) in [6.45, 7) is 0.0302. The molecule has 84 valence electrons. The smallest absolute Gasteiger partial charge is 0.329 e. The lowest BCUT2D eigenvalue weighted by Gasteiger charge is -2.15. The Hall–Kier alpha value is -1.56. The predicted molar refractivity (Wildman–Crippen MR) is 61.6 cm³/mol. The average molecular weight is 285 g/mol. The van der Waals surface area contributed by atoms with E-state index in [2.05, 4.69) is 21.2 Å². The van der Waals surface area contributed by atoms with Crippen LogP contribution in [0.1, 0.15) is 0 Å². The summed E-state index contributed by atoms with van der Waals surface area (Å²) >= 11 is 3.30. The number of nitrogens with one attached hydrogen (secondary N) is 1. The van der Waals surface area contributed by atoms with Crippen LogP contribution in [0, 0.1) is 0 Å². The van der Waals surface area contributed by atoms with E-state index in [9.17, 15) is 9.59 Å². The molecule has 0 spiro atoms. The second kappa shape index (κ2) is 4.13. The standard InChI is InChI=1S/C10H9BrN2O3/c1-16-6-2-3-7(11)8(4-6)13-9(14)5-12-10(13)15/h2-4H,5H2,1H3,(H,12,15). The maximum atomic E-state index is 11.5. The van der Waals surface area contributed by atoms with Gasteiger partial charge in [-0.05, 0) is 28.1 Å². The van der Waals surface area contributed by atoms with Gasteiger partial charge in [-0.25, -0.2) is 9.69 Å². The fourth-order valence-electron chi connectivity index (χ4n) is 1.46. The fraction of sp³-hybridized carbons (Fsp3) is 0.200. The number of halogens is 1. The molecule has 2 rings (SSSR count). The number of imide groups is 1. The molecule has 5 nitrogen and oxygen atoms in total. The molecule has 1 heterocycles. The topological polar surface area (TPSA) is 58.6 Å². The molecule has 6 heteroatoms. The van der Waals surface area contributed by atoms with Gasteiger partial charge in [0.25, 0.3) is 5.91 Å². The summed E-state index contributed by atoms with van der Waals surface area (Å²) in [5.41, 5.74) is 0.486. The van der Waals surface area contributed by atoms with Gasteiger partial charge in [-0.1, -0.05) is 0 Å². The highest BCUT2D eigenvalue weighted by Crippen LogP contribution is 2.31. The Labute approximate surface area is 100 Å². The number of rotatable bonds is 2. The number of amides is 3. The highest BCUT2D eigenvalue weighted by Gasteiger charge is 2.31. The summed E-state index contributed by atoms with van der Waals surface area (Å²) in [4.78, 5) is 24.1. The number of carbonyl (C=O) groups is 2. The monoisotopic (exact) mass is 284 g/mol. The Bertz CT molecular complexity index is 445. The van der Waals surface area contributed by atoms with Gasteiger partial charge in [0.15, 0.2) is 0 Å².